The molecule has 0 saturated carbocycles. The predicted molar refractivity (Wildman–Crippen MR) is 55.9 cm³/mol. The lowest BCUT2D eigenvalue weighted by Gasteiger charge is -2.07. The van der Waals surface area contributed by atoms with Gasteiger partial charge in [0.05, 0.1) is 0 Å². The number of rotatable bonds is 2. The molecule has 4 nitrogen and oxygen atoms in total. The van der Waals surface area contributed by atoms with Crippen molar-refractivity contribution in [2.45, 2.75) is 6.04 Å². The van der Waals surface area contributed by atoms with Gasteiger partial charge in [-0.1, -0.05) is 36.9 Å². The van der Waals surface area contributed by atoms with Crippen LogP contribution in [-0.4, -0.2) is 11.9 Å². The zero-order valence-corrected chi connectivity index (χ0v) is 7.99. The van der Waals surface area contributed by atoms with Crippen molar-refractivity contribution in [3.63, 3.8) is 0 Å². The van der Waals surface area contributed by atoms with Crippen molar-refractivity contribution in [1.82, 2.24) is 10.6 Å². The van der Waals surface area contributed by atoms with Crippen LogP contribution in [0.25, 0.3) is 6.08 Å². The van der Waals surface area contributed by atoms with Crippen molar-refractivity contribution >= 4 is 18.0 Å². The first kappa shape index (κ1) is 9.45. The van der Waals surface area contributed by atoms with E-state index >= 15 is 0 Å². The molecule has 4 heteroatoms. The van der Waals surface area contributed by atoms with E-state index in [0.717, 1.165) is 11.1 Å². The molecule has 1 fully saturated rings. The summed E-state index contributed by atoms with van der Waals surface area (Å²) in [7, 11) is 0. The third-order valence-corrected chi connectivity index (χ3v) is 2.28. The maximum atomic E-state index is 11.3. The molecule has 1 heterocycles. The van der Waals surface area contributed by atoms with E-state index in [1.54, 1.807) is 18.2 Å². The third kappa shape index (κ3) is 1.74. The van der Waals surface area contributed by atoms with E-state index in [9.17, 15) is 9.59 Å². The van der Waals surface area contributed by atoms with Crippen LogP contribution in [0.2, 0.25) is 0 Å². The molecule has 1 atom stereocenters. The van der Waals surface area contributed by atoms with E-state index in [-0.39, 0.29) is 5.91 Å². The first-order valence-electron chi connectivity index (χ1n) is 4.54. The number of carbonyl (C=O) groups is 2. The maximum Gasteiger partial charge on any atom is 0.322 e. The molecule has 2 N–H and O–H groups in total. The van der Waals surface area contributed by atoms with E-state index in [1.807, 2.05) is 12.1 Å². The molecule has 15 heavy (non-hydrogen) atoms. The first-order chi connectivity index (χ1) is 7.20. The van der Waals surface area contributed by atoms with Crippen LogP contribution in [0.1, 0.15) is 17.2 Å². The second kappa shape index (κ2) is 3.57. The van der Waals surface area contributed by atoms with E-state index in [1.165, 1.54) is 0 Å². The van der Waals surface area contributed by atoms with Crippen molar-refractivity contribution in [3.05, 3.63) is 42.0 Å². The number of urea groups is 1. The van der Waals surface area contributed by atoms with Crippen molar-refractivity contribution in [1.29, 1.82) is 0 Å². The molecular weight excluding hydrogens is 192 g/mol. The first-order valence-corrected chi connectivity index (χ1v) is 4.54. The average molecular weight is 202 g/mol. The summed E-state index contributed by atoms with van der Waals surface area (Å²) in [5.41, 5.74) is 1.74. The molecule has 1 aromatic carbocycles. The maximum absolute atomic E-state index is 11.3. The fourth-order valence-corrected chi connectivity index (χ4v) is 1.48. The molecule has 0 aliphatic carbocycles. The highest BCUT2D eigenvalue weighted by Gasteiger charge is 2.30. The van der Waals surface area contributed by atoms with Crippen LogP contribution >= 0.6 is 0 Å². The van der Waals surface area contributed by atoms with Crippen molar-refractivity contribution in [2.24, 2.45) is 0 Å². The molecule has 0 radical (unpaired) electrons. The quantitative estimate of drug-likeness (QED) is 0.708. The number of carbonyl (C=O) groups excluding carboxylic acids is 2. The Kier molecular flexibility index (Phi) is 2.25. The Morgan fingerprint density at radius 2 is 1.87 bits per heavy atom. The number of nitrogens with one attached hydrogen (secondary N) is 2. The molecule has 3 amide bonds. The van der Waals surface area contributed by atoms with Gasteiger partial charge in [-0.15, -0.1) is 0 Å². The van der Waals surface area contributed by atoms with Crippen LogP contribution in [0, 0.1) is 0 Å². The van der Waals surface area contributed by atoms with Gasteiger partial charge >= 0.3 is 6.03 Å². The summed E-state index contributed by atoms with van der Waals surface area (Å²) in [5.74, 6) is -0.314. The van der Waals surface area contributed by atoms with Gasteiger partial charge in [-0.2, -0.15) is 0 Å². The van der Waals surface area contributed by atoms with Crippen LogP contribution < -0.4 is 10.6 Å². The third-order valence-electron chi connectivity index (χ3n) is 2.28. The van der Waals surface area contributed by atoms with E-state index in [4.69, 9.17) is 0 Å². The highest BCUT2D eigenvalue weighted by atomic mass is 16.2. The van der Waals surface area contributed by atoms with Gasteiger partial charge in [0.15, 0.2) is 0 Å². The zero-order valence-electron chi connectivity index (χ0n) is 7.99. The topological polar surface area (TPSA) is 58.2 Å². The molecule has 1 aliphatic heterocycles. The summed E-state index contributed by atoms with van der Waals surface area (Å²) < 4.78 is 0. The summed E-state index contributed by atoms with van der Waals surface area (Å²) in [4.78, 5) is 22.2. The normalized spacial score (nSPS) is 19.6. The number of benzene rings is 1. The summed E-state index contributed by atoms with van der Waals surface area (Å²) in [6, 6.07) is 6.27. The molecule has 0 spiro atoms. The molecule has 76 valence electrons. The summed E-state index contributed by atoms with van der Waals surface area (Å²) in [5, 5.41) is 4.72. The van der Waals surface area contributed by atoms with Gasteiger partial charge < -0.3 is 5.32 Å². The highest BCUT2D eigenvalue weighted by Crippen LogP contribution is 2.17. The van der Waals surface area contributed by atoms with Gasteiger partial charge in [-0.3, -0.25) is 10.1 Å². The van der Waals surface area contributed by atoms with Crippen molar-refractivity contribution in [2.75, 3.05) is 0 Å². The minimum Gasteiger partial charge on any atom is -0.322 e. The average Bonchev–Trinajstić information content (AvgIpc) is 2.58. The van der Waals surface area contributed by atoms with Crippen LogP contribution in [0.4, 0.5) is 4.79 Å². The van der Waals surface area contributed by atoms with E-state index in [0.29, 0.717) is 0 Å². The van der Waals surface area contributed by atoms with Gasteiger partial charge in [-0.25, -0.2) is 4.79 Å². The smallest absolute Gasteiger partial charge is 0.322 e. The molecule has 1 aliphatic rings. The molecule has 2 rings (SSSR count). The van der Waals surface area contributed by atoms with Crippen molar-refractivity contribution in [3.8, 4) is 0 Å². The van der Waals surface area contributed by atoms with Gasteiger partial charge in [0.2, 0.25) is 0 Å². The molecule has 0 bridgehead atoms. The Hall–Kier alpha value is -2.10. The summed E-state index contributed by atoms with van der Waals surface area (Å²) >= 11 is 0. The second-order valence-corrected chi connectivity index (χ2v) is 3.27. The van der Waals surface area contributed by atoms with Crippen LogP contribution in [0.3, 0.4) is 0 Å². The Morgan fingerprint density at radius 1 is 1.20 bits per heavy atom. The molecule has 1 unspecified atom stereocenters. The van der Waals surface area contributed by atoms with Crippen LogP contribution in [0.5, 0.6) is 0 Å². The van der Waals surface area contributed by atoms with E-state index < -0.39 is 12.1 Å². The SMILES string of the molecule is C=Cc1ccc(C2NC(=O)NC2=O)cc1. The van der Waals surface area contributed by atoms with E-state index in [2.05, 4.69) is 17.2 Å². The number of amides is 3. The largest absolute Gasteiger partial charge is 0.322 e. The Morgan fingerprint density at radius 3 is 2.33 bits per heavy atom. The highest BCUT2D eigenvalue weighted by molar-refractivity contribution is 6.04. The Bertz CT molecular complexity index is 423. The van der Waals surface area contributed by atoms with Crippen LogP contribution in [0.15, 0.2) is 30.8 Å². The van der Waals surface area contributed by atoms with Crippen LogP contribution in [-0.2, 0) is 4.79 Å². The Labute approximate surface area is 87.0 Å². The van der Waals surface area contributed by atoms with Gasteiger partial charge in [0.1, 0.15) is 6.04 Å². The molecule has 1 saturated heterocycles. The monoisotopic (exact) mass is 202 g/mol. The number of hydrogen-bond acceptors (Lipinski definition) is 2. The van der Waals surface area contributed by atoms with Gasteiger partial charge in [-0.05, 0) is 11.1 Å². The summed E-state index contributed by atoms with van der Waals surface area (Å²) in [6.07, 6.45) is 1.72. The fraction of sp³-hybridized carbons (Fsp3) is 0.0909. The standard InChI is InChI=1S/C11H10N2O2/c1-2-7-3-5-8(6-4-7)9-10(14)13-11(15)12-9/h2-6,9H,1H2,(H2,12,13,14,15). The lowest BCUT2D eigenvalue weighted by atomic mass is 10.1. The second-order valence-electron chi connectivity index (χ2n) is 3.27. The lowest BCUT2D eigenvalue weighted by molar-refractivity contribution is -0.120. The summed E-state index contributed by atoms with van der Waals surface area (Å²) in [6.45, 7) is 3.64. The minimum atomic E-state index is -0.573. The van der Waals surface area contributed by atoms with Gasteiger partial charge in [0.25, 0.3) is 5.91 Å². The Balaban J connectivity index is 2.26. The number of imide groups is 1. The predicted octanol–water partition coefficient (Wildman–Crippen LogP) is 1.21. The van der Waals surface area contributed by atoms with Crippen molar-refractivity contribution < 1.29 is 9.59 Å². The lowest BCUT2D eigenvalue weighted by Crippen LogP contribution is -2.22. The fourth-order valence-electron chi connectivity index (χ4n) is 1.48. The number of hydrogen-bond donors (Lipinski definition) is 2. The molecular formula is C11H10N2O2. The minimum absolute atomic E-state index is 0.314. The molecule has 1 aromatic rings. The zero-order chi connectivity index (χ0) is 10.8. The van der Waals surface area contributed by atoms with Gasteiger partial charge in [0, 0.05) is 0 Å². The molecule has 0 aromatic heterocycles.